The zero-order valence-electron chi connectivity index (χ0n) is 16.3. The first-order valence-electron chi connectivity index (χ1n) is 8.84. The van der Waals surface area contributed by atoms with E-state index in [0.717, 1.165) is 0 Å². The minimum absolute atomic E-state index is 0.0561. The molecule has 0 bridgehead atoms. The molecule has 146 valence electrons. The third-order valence-corrected chi connectivity index (χ3v) is 5.54. The SMILES string of the molecule is C=CCn1c(SC(C)C(=O)c2[nH]c(C)c(C(C)=O)c2C)nnc1-c1ccco1. The van der Waals surface area contributed by atoms with Crippen LogP contribution in [-0.2, 0) is 6.54 Å². The number of allylic oxidation sites excluding steroid dienone is 1. The zero-order valence-corrected chi connectivity index (χ0v) is 17.1. The number of nitrogens with one attached hydrogen (secondary N) is 1. The lowest BCUT2D eigenvalue weighted by atomic mass is 10.0. The van der Waals surface area contributed by atoms with Gasteiger partial charge < -0.3 is 9.40 Å². The number of ketones is 2. The Morgan fingerprint density at radius 1 is 1.39 bits per heavy atom. The van der Waals surface area contributed by atoms with Crippen molar-refractivity contribution in [2.75, 3.05) is 0 Å². The van der Waals surface area contributed by atoms with E-state index in [1.54, 1.807) is 38.3 Å². The van der Waals surface area contributed by atoms with Crippen LogP contribution in [0.25, 0.3) is 11.6 Å². The molecule has 0 fully saturated rings. The maximum absolute atomic E-state index is 13.0. The first kappa shape index (κ1) is 19.9. The molecule has 28 heavy (non-hydrogen) atoms. The largest absolute Gasteiger partial charge is 0.461 e. The van der Waals surface area contributed by atoms with Crippen LogP contribution >= 0.6 is 11.8 Å². The van der Waals surface area contributed by atoms with Crippen LogP contribution in [0.3, 0.4) is 0 Å². The summed E-state index contributed by atoms with van der Waals surface area (Å²) in [5, 5.41) is 8.61. The Labute approximate surface area is 167 Å². The number of aromatic amines is 1. The Morgan fingerprint density at radius 2 is 2.14 bits per heavy atom. The number of hydrogen-bond acceptors (Lipinski definition) is 6. The second-order valence-corrected chi connectivity index (χ2v) is 7.80. The third kappa shape index (κ3) is 3.60. The summed E-state index contributed by atoms with van der Waals surface area (Å²) in [4.78, 5) is 27.9. The number of furan rings is 1. The van der Waals surface area contributed by atoms with Crippen molar-refractivity contribution in [3.8, 4) is 11.6 Å². The van der Waals surface area contributed by atoms with Crippen LogP contribution < -0.4 is 0 Å². The van der Waals surface area contributed by atoms with E-state index >= 15 is 0 Å². The summed E-state index contributed by atoms with van der Waals surface area (Å²) >= 11 is 1.31. The smallest absolute Gasteiger partial charge is 0.200 e. The molecule has 1 N–H and O–H groups in total. The highest BCUT2D eigenvalue weighted by Gasteiger charge is 2.26. The fourth-order valence-corrected chi connectivity index (χ4v) is 4.11. The quantitative estimate of drug-likeness (QED) is 0.347. The molecule has 0 aromatic carbocycles. The summed E-state index contributed by atoms with van der Waals surface area (Å²) < 4.78 is 7.28. The molecule has 0 amide bonds. The summed E-state index contributed by atoms with van der Waals surface area (Å²) in [6, 6.07) is 3.59. The molecular formula is C20H22N4O3S. The molecule has 0 saturated heterocycles. The Bertz CT molecular complexity index is 1030. The van der Waals surface area contributed by atoms with Gasteiger partial charge in [-0.2, -0.15) is 0 Å². The lowest BCUT2D eigenvalue weighted by Crippen LogP contribution is -2.16. The van der Waals surface area contributed by atoms with E-state index < -0.39 is 5.25 Å². The van der Waals surface area contributed by atoms with E-state index in [9.17, 15) is 9.59 Å². The summed E-state index contributed by atoms with van der Waals surface area (Å²) in [5.41, 5.74) is 2.44. The minimum atomic E-state index is -0.422. The highest BCUT2D eigenvalue weighted by molar-refractivity contribution is 8.00. The van der Waals surface area contributed by atoms with Crippen LogP contribution in [0.1, 0.15) is 46.0 Å². The van der Waals surface area contributed by atoms with Crippen molar-refractivity contribution >= 4 is 23.3 Å². The van der Waals surface area contributed by atoms with E-state index in [1.807, 2.05) is 11.5 Å². The number of thioether (sulfide) groups is 1. The number of aromatic nitrogens is 4. The molecular weight excluding hydrogens is 376 g/mol. The van der Waals surface area contributed by atoms with Crippen LogP contribution in [0, 0.1) is 13.8 Å². The van der Waals surface area contributed by atoms with Gasteiger partial charge in [0.05, 0.1) is 17.2 Å². The van der Waals surface area contributed by atoms with Crippen molar-refractivity contribution in [1.29, 1.82) is 0 Å². The molecule has 3 rings (SSSR count). The Hall–Kier alpha value is -2.87. The van der Waals surface area contributed by atoms with Crippen molar-refractivity contribution < 1.29 is 14.0 Å². The first-order chi connectivity index (χ1) is 13.3. The number of H-pyrrole nitrogens is 1. The second kappa shape index (κ2) is 8.02. The van der Waals surface area contributed by atoms with E-state index in [1.165, 1.54) is 18.7 Å². The number of carbonyl (C=O) groups excluding carboxylic acids is 2. The van der Waals surface area contributed by atoms with Crippen molar-refractivity contribution in [2.24, 2.45) is 0 Å². The summed E-state index contributed by atoms with van der Waals surface area (Å²) in [7, 11) is 0. The van der Waals surface area contributed by atoms with Crippen LogP contribution in [0.15, 0.2) is 40.6 Å². The summed E-state index contributed by atoms with van der Waals surface area (Å²) in [5.74, 6) is 1.03. The fraction of sp³-hybridized carbons (Fsp3) is 0.300. The van der Waals surface area contributed by atoms with Crippen molar-refractivity contribution in [3.05, 3.63) is 53.6 Å². The lowest BCUT2D eigenvalue weighted by Gasteiger charge is -2.11. The molecule has 1 unspecified atom stereocenters. The lowest BCUT2D eigenvalue weighted by molar-refractivity contribution is 0.0988. The predicted octanol–water partition coefficient (Wildman–Crippen LogP) is 4.24. The number of carbonyl (C=O) groups is 2. The Morgan fingerprint density at radius 3 is 2.71 bits per heavy atom. The predicted molar refractivity (Wildman–Crippen MR) is 108 cm³/mol. The van der Waals surface area contributed by atoms with Crippen molar-refractivity contribution in [1.82, 2.24) is 19.7 Å². The second-order valence-electron chi connectivity index (χ2n) is 6.49. The molecule has 0 saturated carbocycles. The topological polar surface area (TPSA) is 93.8 Å². The number of aryl methyl sites for hydroxylation is 1. The van der Waals surface area contributed by atoms with Gasteiger partial charge in [-0.3, -0.25) is 14.2 Å². The van der Waals surface area contributed by atoms with E-state index in [-0.39, 0.29) is 11.6 Å². The van der Waals surface area contributed by atoms with Gasteiger partial charge in [-0.1, -0.05) is 17.8 Å². The molecule has 1 atom stereocenters. The molecule has 0 aliphatic heterocycles. The minimum Gasteiger partial charge on any atom is -0.461 e. The molecule has 0 aliphatic carbocycles. The van der Waals surface area contributed by atoms with Crippen LogP contribution in [0.4, 0.5) is 0 Å². The van der Waals surface area contributed by atoms with Crippen molar-refractivity contribution in [3.63, 3.8) is 0 Å². The first-order valence-corrected chi connectivity index (χ1v) is 9.72. The Kier molecular flexibility index (Phi) is 5.69. The zero-order chi connectivity index (χ0) is 20.4. The van der Waals surface area contributed by atoms with E-state index in [0.29, 0.717) is 45.8 Å². The fourth-order valence-electron chi connectivity index (χ4n) is 3.20. The van der Waals surface area contributed by atoms with Crippen LogP contribution in [-0.4, -0.2) is 36.6 Å². The summed E-state index contributed by atoms with van der Waals surface area (Å²) in [6.45, 7) is 11.2. The highest BCUT2D eigenvalue weighted by atomic mass is 32.2. The molecule has 7 nitrogen and oxygen atoms in total. The highest BCUT2D eigenvalue weighted by Crippen LogP contribution is 2.30. The number of nitrogens with zero attached hydrogens (tertiary/aromatic N) is 3. The summed E-state index contributed by atoms with van der Waals surface area (Å²) in [6.07, 6.45) is 3.31. The number of rotatable bonds is 8. The van der Waals surface area contributed by atoms with Gasteiger partial charge in [-0.15, -0.1) is 16.8 Å². The number of hydrogen-bond donors (Lipinski definition) is 1. The maximum atomic E-state index is 13.0. The van der Waals surface area contributed by atoms with Gasteiger partial charge >= 0.3 is 0 Å². The van der Waals surface area contributed by atoms with Gasteiger partial charge in [-0.05, 0) is 45.4 Å². The average molecular weight is 398 g/mol. The molecule has 3 aromatic rings. The molecule has 0 spiro atoms. The standard InChI is InChI=1S/C20H22N4O3S/c1-6-9-24-19(15-8-7-10-27-15)22-23-20(24)28-14(5)18(26)17-11(2)16(13(4)25)12(3)21-17/h6-8,10,14,21H,1,9H2,2-5H3. The van der Waals surface area contributed by atoms with Gasteiger partial charge in [0, 0.05) is 17.8 Å². The molecule has 0 aliphatic rings. The maximum Gasteiger partial charge on any atom is 0.200 e. The molecule has 3 aromatic heterocycles. The normalized spacial score (nSPS) is 12.1. The van der Waals surface area contributed by atoms with E-state index in [4.69, 9.17) is 4.42 Å². The third-order valence-electron chi connectivity index (χ3n) is 4.46. The number of Topliss-reactive ketones (excluding diaryl/α,β-unsaturated/α-hetero) is 2. The van der Waals surface area contributed by atoms with Gasteiger partial charge in [-0.25, -0.2) is 0 Å². The Balaban J connectivity index is 1.88. The van der Waals surface area contributed by atoms with Gasteiger partial charge in [0.25, 0.3) is 0 Å². The van der Waals surface area contributed by atoms with Crippen molar-refractivity contribution in [2.45, 2.75) is 44.6 Å². The van der Waals surface area contributed by atoms with Crippen LogP contribution in [0.5, 0.6) is 0 Å². The molecule has 8 heteroatoms. The monoisotopic (exact) mass is 398 g/mol. The molecule has 3 heterocycles. The van der Waals surface area contributed by atoms with Gasteiger partial charge in [0.15, 0.2) is 22.5 Å². The van der Waals surface area contributed by atoms with Gasteiger partial charge in [0.1, 0.15) is 0 Å². The van der Waals surface area contributed by atoms with E-state index in [2.05, 4.69) is 21.8 Å². The average Bonchev–Trinajstić information content (AvgIpc) is 3.35. The van der Waals surface area contributed by atoms with Crippen LogP contribution in [0.2, 0.25) is 0 Å². The van der Waals surface area contributed by atoms with Gasteiger partial charge in [0.2, 0.25) is 5.82 Å². The molecule has 0 radical (unpaired) electrons.